The number of hydrogen-bond donors (Lipinski definition) is 1. The summed E-state index contributed by atoms with van der Waals surface area (Å²) >= 11 is 18.3. The number of anilines is 1. The van der Waals surface area contributed by atoms with Gasteiger partial charge in [-0.3, -0.25) is 4.72 Å². The number of halogens is 4. The summed E-state index contributed by atoms with van der Waals surface area (Å²) in [6.45, 7) is 0. The second-order valence-corrected chi connectivity index (χ2v) is 9.17. The molecule has 6 nitrogen and oxygen atoms in total. The van der Waals surface area contributed by atoms with E-state index in [1.165, 1.54) is 18.2 Å². The molecule has 0 unspecified atom stereocenters. The summed E-state index contributed by atoms with van der Waals surface area (Å²) in [5.41, 5.74) is 0.205. The third kappa shape index (κ3) is 3.51. The van der Waals surface area contributed by atoms with Crippen molar-refractivity contribution in [1.29, 1.82) is 5.26 Å². The topological polar surface area (TPSA) is 87.8 Å². The molecule has 0 bridgehead atoms. The third-order valence-electron chi connectivity index (χ3n) is 3.18. The number of sulfonamides is 1. The van der Waals surface area contributed by atoms with Crippen LogP contribution in [0.5, 0.6) is 0 Å². The molecule has 26 heavy (non-hydrogen) atoms. The first-order valence-corrected chi connectivity index (χ1v) is 10.1. The molecule has 0 saturated carbocycles. The number of nitrogens with one attached hydrogen (secondary N) is 1. The zero-order chi connectivity index (χ0) is 19.1. The van der Waals surface area contributed by atoms with E-state index in [-0.39, 0.29) is 35.7 Å². The summed E-state index contributed by atoms with van der Waals surface area (Å²) in [7, 11) is -4.15. The highest BCUT2D eigenvalue weighted by Crippen LogP contribution is 2.35. The minimum absolute atomic E-state index is 0.0306. The molecule has 134 valence electrons. The summed E-state index contributed by atoms with van der Waals surface area (Å²) in [6.07, 6.45) is 1.16. The zero-order valence-corrected chi connectivity index (χ0v) is 16.3. The molecule has 0 aliphatic heterocycles. The maximum absolute atomic E-state index is 13.4. The van der Waals surface area contributed by atoms with Gasteiger partial charge in [0.2, 0.25) is 0 Å². The van der Waals surface area contributed by atoms with E-state index in [1.807, 2.05) is 6.07 Å². The van der Waals surface area contributed by atoms with Crippen LogP contribution in [0.2, 0.25) is 13.7 Å². The highest BCUT2D eigenvalue weighted by Gasteiger charge is 2.25. The van der Waals surface area contributed by atoms with Crippen molar-refractivity contribution in [2.45, 2.75) is 4.90 Å². The average Bonchev–Trinajstić information content (AvgIpc) is 3.12. The van der Waals surface area contributed by atoms with Crippen molar-refractivity contribution in [1.82, 2.24) is 9.78 Å². The normalized spacial score (nSPS) is 11.3. The fraction of sp³-hybridized carbons (Fsp3) is 0. The molecule has 0 aliphatic carbocycles. The number of benzene rings is 1. The Morgan fingerprint density at radius 2 is 2.00 bits per heavy atom. The smallest absolute Gasteiger partial charge is 0.262 e. The number of nitriles is 1. The molecule has 0 amide bonds. The lowest BCUT2D eigenvalue weighted by Crippen LogP contribution is -2.16. The molecule has 3 aromatic rings. The molecule has 2 heterocycles. The largest absolute Gasteiger partial charge is 0.265 e. The lowest BCUT2D eigenvalue weighted by atomic mass is 10.3. The van der Waals surface area contributed by atoms with E-state index in [0.29, 0.717) is 0 Å². The lowest BCUT2D eigenvalue weighted by molar-refractivity contribution is 0.601. The van der Waals surface area contributed by atoms with Crippen LogP contribution in [0, 0.1) is 17.1 Å². The van der Waals surface area contributed by atoms with Gasteiger partial charge < -0.3 is 0 Å². The predicted octanol–water partition coefficient (Wildman–Crippen LogP) is 4.71. The van der Waals surface area contributed by atoms with Crippen molar-refractivity contribution in [2.75, 3.05) is 4.72 Å². The van der Waals surface area contributed by atoms with Gasteiger partial charge in [-0.15, -0.1) is 11.3 Å². The molecule has 3 rings (SSSR count). The van der Waals surface area contributed by atoms with Gasteiger partial charge in [-0.2, -0.15) is 10.4 Å². The van der Waals surface area contributed by atoms with E-state index in [2.05, 4.69) is 9.82 Å². The van der Waals surface area contributed by atoms with Crippen LogP contribution in [0.3, 0.4) is 0 Å². The second-order valence-electron chi connectivity index (χ2n) is 4.82. The first kappa shape index (κ1) is 18.9. The Kier molecular flexibility index (Phi) is 5.14. The van der Waals surface area contributed by atoms with Gasteiger partial charge in [0.25, 0.3) is 10.0 Å². The van der Waals surface area contributed by atoms with E-state index in [4.69, 9.17) is 34.8 Å². The van der Waals surface area contributed by atoms with Gasteiger partial charge in [0.05, 0.1) is 21.2 Å². The van der Waals surface area contributed by atoms with Crippen LogP contribution in [0.4, 0.5) is 10.2 Å². The molecular weight excluding hydrogens is 446 g/mol. The summed E-state index contributed by atoms with van der Waals surface area (Å²) in [5, 5.41) is 13.0. The van der Waals surface area contributed by atoms with Gasteiger partial charge in [0.1, 0.15) is 26.7 Å². The summed E-state index contributed by atoms with van der Waals surface area (Å²) in [5.74, 6) is -0.793. The van der Waals surface area contributed by atoms with Gasteiger partial charge in [0.15, 0.2) is 5.82 Å². The van der Waals surface area contributed by atoms with Crippen molar-refractivity contribution < 1.29 is 12.8 Å². The monoisotopic (exact) mass is 450 g/mol. The van der Waals surface area contributed by atoms with Gasteiger partial charge in [-0.25, -0.2) is 17.5 Å². The Labute approximate surface area is 166 Å². The Morgan fingerprint density at radius 1 is 1.27 bits per heavy atom. The average molecular weight is 452 g/mol. The number of rotatable bonds is 4. The molecule has 0 atom stereocenters. The zero-order valence-electron chi connectivity index (χ0n) is 12.4. The minimum Gasteiger partial charge on any atom is -0.262 e. The molecule has 0 saturated heterocycles. The number of aromatic nitrogens is 2. The highest BCUT2D eigenvalue weighted by atomic mass is 35.5. The van der Waals surface area contributed by atoms with Crippen molar-refractivity contribution in [3.8, 4) is 11.8 Å². The van der Waals surface area contributed by atoms with Crippen molar-refractivity contribution in [2.24, 2.45) is 0 Å². The van der Waals surface area contributed by atoms with E-state index in [9.17, 15) is 18.1 Å². The van der Waals surface area contributed by atoms with Crippen molar-refractivity contribution in [3.05, 3.63) is 55.5 Å². The first-order valence-electron chi connectivity index (χ1n) is 6.64. The molecule has 1 aromatic carbocycles. The summed E-state index contributed by atoms with van der Waals surface area (Å²) in [4.78, 5) is -0.233. The van der Waals surface area contributed by atoms with E-state index < -0.39 is 15.8 Å². The van der Waals surface area contributed by atoms with Crippen molar-refractivity contribution in [3.63, 3.8) is 0 Å². The third-order valence-corrected chi connectivity index (χ3v) is 6.56. The van der Waals surface area contributed by atoms with Gasteiger partial charge in [0, 0.05) is 0 Å². The fourth-order valence-electron chi connectivity index (χ4n) is 2.03. The van der Waals surface area contributed by atoms with E-state index in [1.54, 1.807) is 0 Å². The molecule has 1 N–H and O–H groups in total. The Hall–Kier alpha value is -1.83. The molecular formula is C14H6Cl3FN4O2S2. The lowest BCUT2D eigenvalue weighted by Gasteiger charge is -2.11. The second kappa shape index (κ2) is 7.06. The first-order chi connectivity index (χ1) is 12.2. The fourth-order valence-corrected chi connectivity index (χ4v) is 5.42. The highest BCUT2D eigenvalue weighted by molar-refractivity contribution is 7.93. The van der Waals surface area contributed by atoms with Crippen LogP contribution in [0.15, 0.2) is 35.4 Å². The van der Waals surface area contributed by atoms with Crippen LogP contribution in [0.25, 0.3) is 5.69 Å². The Bertz CT molecular complexity index is 1150. The van der Waals surface area contributed by atoms with Crippen molar-refractivity contribution >= 4 is 62.0 Å². The maximum atomic E-state index is 13.4. The number of nitrogens with zero attached hydrogens (tertiary/aromatic N) is 3. The van der Waals surface area contributed by atoms with Crippen LogP contribution in [-0.4, -0.2) is 18.2 Å². The molecule has 0 fully saturated rings. The van der Waals surface area contributed by atoms with Crippen LogP contribution in [0.1, 0.15) is 5.56 Å². The van der Waals surface area contributed by atoms with Crippen LogP contribution >= 0.6 is 46.1 Å². The number of hydrogen-bond acceptors (Lipinski definition) is 5. The molecule has 2 aromatic heterocycles. The standard InChI is InChI=1S/C14H6Cl3FN4O2S2/c15-9-3-8(1-2-10(9)18)22-14(7(5-19)6-20-22)21-26(23,24)11-4-12(16)25-13(11)17/h1-4,6,21H. The molecule has 0 aliphatic rings. The SMILES string of the molecule is N#Cc1cnn(-c2ccc(F)c(Cl)c2)c1NS(=O)(=O)c1cc(Cl)sc1Cl. The summed E-state index contributed by atoms with van der Waals surface area (Å²) in [6, 6.07) is 6.70. The maximum Gasteiger partial charge on any atom is 0.265 e. The van der Waals surface area contributed by atoms with E-state index in [0.717, 1.165) is 28.3 Å². The van der Waals surface area contributed by atoms with Gasteiger partial charge >= 0.3 is 0 Å². The van der Waals surface area contributed by atoms with Crippen LogP contribution < -0.4 is 4.72 Å². The van der Waals surface area contributed by atoms with E-state index >= 15 is 0 Å². The molecule has 12 heteroatoms. The Morgan fingerprint density at radius 3 is 2.58 bits per heavy atom. The quantitative estimate of drug-likeness (QED) is 0.622. The minimum atomic E-state index is -4.15. The predicted molar refractivity (Wildman–Crippen MR) is 98.4 cm³/mol. The van der Waals surface area contributed by atoms with Gasteiger partial charge in [-0.05, 0) is 24.3 Å². The Balaban J connectivity index is 2.10. The molecule has 0 radical (unpaired) electrons. The van der Waals surface area contributed by atoms with Gasteiger partial charge in [-0.1, -0.05) is 34.8 Å². The number of thiophene rings is 1. The summed E-state index contributed by atoms with van der Waals surface area (Å²) < 4.78 is 42.2. The van der Waals surface area contributed by atoms with Crippen LogP contribution in [-0.2, 0) is 10.0 Å². The molecule has 0 spiro atoms.